The highest BCUT2D eigenvalue weighted by molar-refractivity contribution is 9.10. The van der Waals surface area contributed by atoms with Crippen molar-refractivity contribution in [2.24, 2.45) is 5.73 Å². The summed E-state index contributed by atoms with van der Waals surface area (Å²) in [5.41, 5.74) is 3.85. The van der Waals surface area contributed by atoms with Crippen LogP contribution in [0.3, 0.4) is 0 Å². The fourth-order valence-corrected chi connectivity index (χ4v) is 1.34. The van der Waals surface area contributed by atoms with Gasteiger partial charge in [-0.3, -0.25) is 0 Å². The molecular weight excluding hydrogens is 259 g/mol. The van der Waals surface area contributed by atoms with E-state index in [0.29, 0.717) is 0 Å². The van der Waals surface area contributed by atoms with E-state index in [-0.39, 0.29) is 10.0 Å². The van der Waals surface area contributed by atoms with Gasteiger partial charge in [-0.25, -0.2) is 13.2 Å². The van der Waals surface area contributed by atoms with E-state index in [1.807, 2.05) is 0 Å². The van der Waals surface area contributed by atoms with Gasteiger partial charge in [-0.05, 0) is 40.5 Å². The Labute approximate surface area is 88.2 Å². The maximum Gasteiger partial charge on any atom is 0.260 e. The van der Waals surface area contributed by atoms with Crippen LogP contribution in [0.25, 0.3) is 0 Å². The lowest BCUT2D eigenvalue weighted by Gasteiger charge is -2.24. The van der Waals surface area contributed by atoms with E-state index in [2.05, 4.69) is 15.9 Å². The van der Waals surface area contributed by atoms with Crippen LogP contribution in [-0.2, 0) is 5.54 Å². The van der Waals surface area contributed by atoms with Gasteiger partial charge in [-0.2, -0.15) is 0 Å². The molecular formula is C9H9BrF3N. The van der Waals surface area contributed by atoms with Gasteiger partial charge in [-0.15, -0.1) is 0 Å². The monoisotopic (exact) mass is 267 g/mol. The fraction of sp³-hybridized carbons (Fsp3) is 0.333. The molecule has 1 aromatic carbocycles. The summed E-state index contributed by atoms with van der Waals surface area (Å²) in [7, 11) is 0. The average molecular weight is 268 g/mol. The molecule has 0 saturated carbocycles. The topological polar surface area (TPSA) is 26.0 Å². The van der Waals surface area contributed by atoms with Gasteiger partial charge in [0.25, 0.3) is 6.43 Å². The van der Waals surface area contributed by atoms with Crippen LogP contribution < -0.4 is 5.73 Å². The van der Waals surface area contributed by atoms with E-state index in [9.17, 15) is 13.2 Å². The van der Waals surface area contributed by atoms with E-state index in [4.69, 9.17) is 5.73 Å². The van der Waals surface area contributed by atoms with Crippen LogP contribution in [0.4, 0.5) is 13.2 Å². The normalized spacial score (nSPS) is 15.6. The van der Waals surface area contributed by atoms with Crippen molar-refractivity contribution in [3.05, 3.63) is 34.1 Å². The average Bonchev–Trinajstić information content (AvgIpc) is 2.09. The largest absolute Gasteiger partial charge is 0.317 e. The Balaban J connectivity index is 3.14. The number of alkyl halides is 2. The van der Waals surface area contributed by atoms with Crippen LogP contribution in [0.5, 0.6) is 0 Å². The fourth-order valence-electron chi connectivity index (χ4n) is 0.957. The minimum atomic E-state index is -2.69. The Hall–Kier alpha value is -0.550. The third-order valence-electron chi connectivity index (χ3n) is 1.99. The molecule has 0 aliphatic rings. The molecule has 1 rings (SSSR count). The highest BCUT2D eigenvalue weighted by Crippen LogP contribution is 2.28. The molecule has 2 N–H and O–H groups in total. The number of rotatable bonds is 2. The molecule has 0 amide bonds. The standard InChI is InChI=1S/C9H9BrF3N/c1-9(14,8(12)13)5-2-3-7(11)6(10)4-5/h2-4,8H,14H2,1H3. The number of hydrogen-bond acceptors (Lipinski definition) is 1. The van der Waals surface area contributed by atoms with E-state index >= 15 is 0 Å². The summed E-state index contributed by atoms with van der Waals surface area (Å²) in [6.07, 6.45) is -2.69. The highest BCUT2D eigenvalue weighted by atomic mass is 79.9. The summed E-state index contributed by atoms with van der Waals surface area (Å²) >= 11 is 2.91. The quantitative estimate of drug-likeness (QED) is 0.876. The van der Waals surface area contributed by atoms with Crippen molar-refractivity contribution in [3.8, 4) is 0 Å². The van der Waals surface area contributed by atoms with Gasteiger partial charge < -0.3 is 5.73 Å². The molecule has 0 spiro atoms. The summed E-state index contributed by atoms with van der Waals surface area (Å²) in [5.74, 6) is -0.501. The summed E-state index contributed by atoms with van der Waals surface area (Å²) in [6.45, 7) is 1.21. The second-order valence-electron chi connectivity index (χ2n) is 3.21. The van der Waals surface area contributed by atoms with Gasteiger partial charge >= 0.3 is 0 Å². The molecule has 1 nitrogen and oxygen atoms in total. The Bertz CT molecular complexity index is 339. The van der Waals surface area contributed by atoms with Crippen molar-refractivity contribution in [2.45, 2.75) is 18.9 Å². The first kappa shape index (κ1) is 11.5. The maximum absolute atomic E-state index is 12.8. The van der Waals surface area contributed by atoms with Gasteiger partial charge in [0, 0.05) is 0 Å². The molecule has 0 aromatic heterocycles. The van der Waals surface area contributed by atoms with Crippen LogP contribution in [-0.4, -0.2) is 6.43 Å². The molecule has 0 heterocycles. The number of halogens is 4. The van der Waals surface area contributed by atoms with Crippen LogP contribution in [0.15, 0.2) is 22.7 Å². The van der Waals surface area contributed by atoms with E-state index in [0.717, 1.165) is 6.07 Å². The van der Waals surface area contributed by atoms with Crippen molar-refractivity contribution in [3.63, 3.8) is 0 Å². The summed E-state index contributed by atoms with van der Waals surface area (Å²) in [5, 5.41) is 0. The molecule has 0 aliphatic heterocycles. The first-order valence-electron chi connectivity index (χ1n) is 3.88. The van der Waals surface area contributed by atoms with Crippen molar-refractivity contribution in [1.82, 2.24) is 0 Å². The molecule has 1 unspecified atom stereocenters. The molecule has 0 bridgehead atoms. The molecule has 5 heteroatoms. The first-order valence-corrected chi connectivity index (χ1v) is 4.67. The summed E-state index contributed by atoms with van der Waals surface area (Å²) in [4.78, 5) is 0. The molecule has 78 valence electrons. The maximum atomic E-state index is 12.8. The molecule has 14 heavy (non-hydrogen) atoms. The van der Waals surface area contributed by atoms with Gasteiger partial charge in [0.15, 0.2) is 0 Å². The predicted molar refractivity (Wildman–Crippen MR) is 51.6 cm³/mol. The van der Waals surface area contributed by atoms with Gasteiger partial charge in [-0.1, -0.05) is 6.07 Å². The molecule has 1 aromatic rings. The molecule has 0 radical (unpaired) electrons. The lowest BCUT2D eigenvalue weighted by atomic mass is 9.94. The Morgan fingerprint density at radius 2 is 2.00 bits per heavy atom. The molecule has 1 atom stereocenters. The van der Waals surface area contributed by atoms with E-state index < -0.39 is 17.8 Å². The van der Waals surface area contributed by atoms with E-state index in [1.54, 1.807) is 0 Å². The third-order valence-corrected chi connectivity index (χ3v) is 2.60. The Morgan fingerprint density at radius 1 is 1.43 bits per heavy atom. The number of nitrogens with two attached hydrogens (primary N) is 1. The van der Waals surface area contributed by atoms with Crippen LogP contribution in [0, 0.1) is 5.82 Å². The Morgan fingerprint density at radius 3 is 2.43 bits per heavy atom. The minimum absolute atomic E-state index is 0.132. The zero-order valence-corrected chi connectivity index (χ0v) is 8.98. The number of benzene rings is 1. The first-order chi connectivity index (χ1) is 6.35. The smallest absolute Gasteiger partial charge is 0.260 e. The zero-order valence-electron chi connectivity index (χ0n) is 7.40. The van der Waals surface area contributed by atoms with E-state index in [1.165, 1.54) is 19.1 Å². The second-order valence-corrected chi connectivity index (χ2v) is 4.07. The van der Waals surface area contributed by atoms with Crippen LogP contribution in [0.2, 0.25) is 0 Å². The highest BCUT2D eigenvalue weighted by Gasteiger charge is 2.32. The zero-order chi connectivity index (χ0) is 10.9. The summed E-state index contributed by atoms with van der Waals surface area (Å²) < 4.78 is 37.9. The Kier molecular flexibility index (Phi) is 3.21. The predicted octanol–water partition coefficient (Wildman–Crippen LogP) is 3.03. The van der Waals surface area contributed by atoms with Crippen LogP contribution in [0.1, 0.15) is 12.5 Å². The second kappa shape index (κ2) is 3.90. The van der Waals surface area contributed by atoms with Gasteiger partial charge in [0.1, 0.15) is 5.82 Å². The minimum Gasteiger partial charge on any atom is -0.317 e. The summed E-state index contributed by atoms with van der Waals surface area (Å²) in [6, 6.07) is 3.63. The van der Waals surface area contributed by atoms with Gasteiger partial charge in [0.2, 0.25) is 0 Å². The third kappa shape index (κ3) is 2.09. The molecule has 0 saturated heterocycles. The SMILES string of the molecule is CC(N)(c1ccc(F)c(Br)c1)C(F)F. The molecule has 0 fully saturated rings. The molecule has 0 aliphatic carbocycles. The lowest BCUT2D eigenvalue weighted by Crippen LogP contribution is -2.40. The van der Waals surface area contributed by atoms with Crippen LogP contribution >= 0.6 is 15.9 Å². The van der Waals surface area contributed by atoms with Crippen molar-refractivity contribution >= 4 is 15.9 Å². The van der Waals surface area contributed by atoms with Crippen molar-refractivity contribution in [2.75, 3.05) is 0 Å². The van der Waals surface area contributed by atoms with Crippen molar-refractivity contribution in [1.29, 1.82) is 0 Å². The van der Waals surface area contributed by atoms with Crippen molar-refractivity contribution < 1.29 is 13.2 Å². The lowest BCUT2D eigenvalue weighted by molar-refractivity contribution is 0.0624. The number of hydrogen-bond donors (Lipinski definition) is 1. The van der Waals surface area contributed by atoms with Gasteiger partial charge in [0.05, 0.1) is 10.0 Å².